The molecule has 102 valence electrons. The van der Waals surface area contributed by atoms with Crippen LogP contribution in [0.5, 0.6) is 0 Å². The third kappa shape index (κ3) is 3.10. The van der Waals surface area contributed by atoms with E-state index in [9.17, 15) is 4.79 Å². The lowest BCUT2D eigenvalue weighted by Gasteiger charge is -2.14. The number of ether oxygens (including phenoxy) is 1. The summed E-state index contributed by atoms with van der Waals surface area (Å²) in [6.45, 7) is 6.95. The van der Waals surface area contributed by atoms with Crippen LogP contribution in [0.2, 0.25) is 0 Å². The minimum atomic E-state index is -0.274. The highest BCUT2D eigenvalue weighted by Gasteiger charge is 2.18. The minimum absolute atomic E-state index is 0.227. The maximum Gasteiger partial charge on any atom is 0.322 e. The van der Waals surface area contributed by atoms with Gasteiger partial charge in [0.25, 0.3) is 0 Å². The number of methoxy groups -OCH3 is 1. The van der Waals surface area contributed by atoms with Gasteiger partial charge in [-0.05, 0) is 39.3 Å². The Morgan fingerprint density at radius 1 is 1.50 bits per heavy atom. The highest BCUT2D eigenvalue weighted by molar-refractivity contribution is 5.75. The van der Waals surface area contributed by atoms with Crippen LogP contribution in [-0.4, -0.2) is 35.9 Å². The summed E-state index contributed by atoms with van der Waals surface area (Å²) in [5, 5.41) is 7.47. The highest BCUT2D eigenvalue weighted by Crippen LogP contribution is 2.14. The van der Waals surface area contributed by atoms with Crippen LogP contribution in [0.1, 0.15) is 30.3 Å². The Morgan fingerprint density at radius 2 is 2.17 bits per heavy atom. The van der Waals surface area contributed by atoms with Gasteiger partial charge < -0.3 is 10.1 Å². The molecule has 1 heterocycles. The van der Waals surface area contributed by atoms with Crippen LogP contribution in [0.4, 0.5) is 0 Å². The number of nitrogens with zero attached hydrogens (tertiary/aromatic N) is 2. The van der Waals surface area contributed by atoms with Gasteiger partial charge >= 0.3 is 5.97 Å². The zero-order valence-corrected chi connectivity index (χ0v) is 11.9. The van der Waals surface area contributed by atoms with Crippen molar-refractivity contribution in [1.82, 2.24) is 15.1 Å². The van der Waals surface area contributed by atoms with Gasteiger partial charge in [0.15, 0.2) is 0 Å². The average Bonchev–Trinajstić information content (AvgIpc) is 2.64. The van der Waals surface area contributed by atoms with Crippen LogP contribution in [0.15, 0.2) is 0 Å². The van der Waals surface area contributed by atoms with Crippen molar-refractivity contribution in [1.29, 1.82) is 0 Å². The van der Waals surface area contributed by atoms with Crippen molar-refractivity contribution >= 4 is 5.97 Å². The Hall–Kier alpha value is -1.36. The molecule has 0 saturated carbocycles. The molecule has 1 N–H and O–H groups in total. The van der Waals surface area contributed by atoms with E-state index < -0.39 is 0 Å². The van der Waals surface area contributed by atoms with E-state index in [-0.39, 0.29) is 12.0 Å². The van der Waals surface area contributed by atoms with Crippen LogP contribution in [-0.2, 0) is 22.5 Å². The molecular formula is C13H23N3O2. The molecule has 0 aromatic carbocycles. The van der Waals surface area contributed by atoms with Gasteiger partial charge in [0.2, 0.25) is 0 Å². The topological polar surface area (TPSA) is 56.2 Å². The summed E-state index contributed by atoms with van der Waals surface area (Å²) >= 11 is 0. The number of aromatic nitrogens is 2. The lowest BCUT2D eigenvalue weighted by Crippen LogP contribution is -2.36. The molecule has 18 heavy (non-hydrogen) atoms. The number of aryl methyl sites for hydroxylation is 2. The molecule has 0 bridgehead atoms. The molecule has 0 amide bonds. The summed E-state index contributed by atoms with van der Waals surface area (Å²) < 4.78 is 6.71. The third-order valence-electron chi connectivity index (χ3n) is 3.35. The first kappa shape index (κ1) is 14.7. The molecule has 1 unspecified atom stereocenters. The van der Waals surface area contributed by atoms with Crippen LogP contribution in [0, 0.1) is 13.8 Å². The van der Waals surface area contributed by atoms with Crippen molar-refractivity contribution < 1.29 is 9.53 Å². The van der Waals surface area contributed by atoms with Crippen molar-refractivity contribution in [3.05, 3.63) is 17.0 Å². The van der Waals surface area contributed by atoms with Crippen molar-refractivity contribution in [2.75, 3.05) is 14.2 Å². The number of hydrogen-bond donors (Lipinski definition) is 1. The molecular weight excluding hydrogens is 230 g/mol. The van der Waals surface area contributed by atoms with Gasteiger partial charge in [-0.3, -0.25) is 9.48 Å². The fraction of sp³-hybridized carbons (Fsp3) is 0.692. The number of nitrogens with one attached hydrogen (secondary N) is 1. The first-order valence-electron chi connectivity index (χ1n) is 6.33. The first-order valence-corrected chi connectivity index (χ1v) is 6.33. The van der Waals surface area contributed by atoms with E-state index >= 15 is 0 Å². The molecule has 0 fully saturated rings. The number of hydrogen-bond acceptors (Lipinski definition) is 4. The van der Waals surface area contributed by atoms with Gasteiger partial charge in [-0.1, -0.05) is 6.92 Å². The minimum Gasteiger partial charge on any atom is -0.468 e. The molecule has 1 aromatic rings. The average molecular weight is 253 g/mol. The van der Waals surface area contributed by atoms with Crippen LogP contribution >= 0.6 is 0 Å². The van der Waals surface area contributed by atoms with Crippen LogP contribution < -0.4 is 5.32 Å². The summed E-state index contributed by atoms with van der Waals surface area (Å²) in [5.74, 6) is -0.227. The molecule has 0 aliphatic rings. The number of carbonyl (C=O) groups excluding carboxylic acids is 1. The van der Waals surface area contributed by atoms with Gasteiger partial charge in [0, 0.05) is 12.2 Å². The highest BCUT2D eigenvalue weighted by atomic mass is 16.5. The lowest BCUT2D eigenvalue weighted by atomic mass is 10.1. The second-order valence-electron chi connectivity index (χ2n) is 4.38. The Morgan fingerprint density at radius 3 is 2.61 bits per heavy atom. The second kappa shape index (κ2) is 6.54. The summed E-state index contributed by atoms with van der Waals surface area (Å²) in [5.41, 5.74) is 3.57. The molecule has 0 radical (unpaired) electrons. The number of rotatable bonds is 6. The second-order valence-corrected chi connectivity index (χ2v) is 4.38. The summed E-state index contributed by atoms with van der Waals surface area (Å²) in [4.78, 5) is 11.5. The van der Waals surface area contributed by atoms with Crippen molar-refractivity contribution in [3.8, 4) is 0 Å². The van der Waals surface area contributed by atoms with E-state index in [1.165, 1.54) is 18.4 Å². The van der Waals surface area contributed by atoms with Crippen molar-refractivity contribution in [2.24, 2.45) is 0 Å². The summed E-state index contributed by atoms with van der Waals surface area (Å²) in [7, 11) is 3.17. The Kier molecular flexibility index (Phi) is 5.34. The summed E-state index contributed by atoms with van der Waals surface area (Å²) in [6, 6.07) is -0.274. The van der Waals surface area contributed by atoms with E-state index in [4.69, 9.17) is 4.74 Å². The lowest BCUT2D eigenvalue weighted by molar-refractivity contribution is -0.143. The molecule has 1 atom stereocenters. The number of esters is 1. The van der Waals surface area contributed by atoms with Crippen molar-refractivity contribution in [2.45, 2.75) is 46.2 Å². The van der Waals surface area contributed by atoms with E-state index in [2.05, 4.69) is 24.3 Å². The van der Waals surface area contributed by atoms with Gasteiger partial charge in [-0.2, -0.15) is 5.10 Å². The largest absolute Gasteiger partial charge is 0.468 e. The predicted molar refractivity (Wildman–Crippen MR) is 70.6 cm³/mol. The molecule has 0 spiro atoms. The van der Waals surface area contributed by atoms with E-state index in [0.29, 0.717) is 13.0 Å². The van der Waals surface area contributed by atoms with E-state index in [0.717, 1.165) is 12.1 Å². The quantitative estimate of drug-likeness (QED) is 0.774. The molecule has 0 aliphatic carbocycles. The predicted octanol–water partition coefficient (Wildman–Crippen LogP) is 1.21. The maximum atomic E-state index is 11.5. The van der Waals surface area contributed by atoms with Crippen LogP contribution in [0.25, 0.3) is 0 Å². The zero-order chi connectivity index (χ0) is 13.7. The van der Waals surface area contributed by atoms with Gasteiger partial charge in [0.1, 0.15) is 6.04 Å². The zero-order valence-electron chi connectivity index (χ0n) is 11.9. The van der Waals surface area contributed by atoms with Gasteiger partial charge in [-0.15, -0.1) is 0 Å². The van der Waals surface area contributed by atoms with E-state index in [1.807, 2.05) is 11.6 Å². The number of carbonyl (C=O) groups is 1. The molecule has 5 nitrogen and oxygen atoms in total. The fourth-order valence-electron chi connectivity index (χ4n) is 2.24. The monoisotopic (exact) mass is 253 g/mol. The standard InChI is InChI=1S/C13H23N3O2/c1-6-11-9(2)15-16(10(11)3)8-7-12(14-4)13(17)18-5/h12,14H,6-8H2,1-5H3. The van der Waals surface area contributed by atoms with Crippen molar-refractivity contribution in [3.63, 3.8) is 0 Å². The summed E-state index contributed by atoms with van der Waals surface area (Å²) in [6.07, 6.45) is 1.67. The third-order valence-corrected chi connectivity index (χ3v) is 3.35. The molecule has 1 aromatic heterocycles. The molecule has 0 saturated heterocycles. The van der Waals surface area contributed by atoms with E-state index in [1.54, 1.807) is 7.05 Å². The normalized spacial score (nSPS) is 12.5. The molecule has 1 rings (SSSR count). The fourth-order valence-corrected chi connectivity index (χ4v) is 2.24. The van der Waals surface area contributed by atoms with Gasteiger partial charge in [0.05, 0.1) is 12.8 Å². The number of likely N-dealkylation sites (N-methyl/N-ethyl adjacent to an activating group) is 1. The van der Waals surface area contributed by atoms with Crippen LogP contribution in [0.3, 0.4) is 0 Å². The Labute approximate surface area is 109 Å². The molecule has 5 heteroatoms. The first-order chi connectivity index (χ1) is 8.54. The SMILES string of the molecule is CCc1c(C)nn(CCC(NC)C(=O)OC)c1C. The van der Waals surface area contributed by atoms with Gasteiger partial charge in [-0.25, -0.2) is 0 Å². The Bertz CT molecular complexity index is 413. The Balaban J connectivity index is 2.71. The maximum absolute atomic E-state index is 11.5. The smallest absolute Gasteiger partial charge is 0.322 e. The molecule has 0 aliphatic heterocycles.